The molecule has 33 heavy (non-hydrogen) atoms. The van der Waals surface area contributed by atoms with Crippen LogP contribution in [0.2, 0.25) is 0 Å². The SMILES string of the molecule is Cc1ccc(CNC(=O)[C@@H]2CCCN(C(=O)c3nnc(C(=O)Nc4ccccc4)s3)C2)cc1. The molecule has 9 heteroatoms. The Hall–Kier alpha value is -3.59. The number of nitrogens with zero attached hydrogens (tertiary/aromatic N) is 3. The molecule has 0 spiro atoms. The van der Waals surface area contributed by atoms with Gasteiger partial charge in [0.05, 0.1) is 5.92 Å². The van der Waals surface area contributed by atoms with Crippen LogP contribution in [0.1, 0.15) is 43.6 Å². The van der Waals surface area contributed by atoms with Crippen LogP contribution in [0, 0.1) is 12.8 Å². The first-order valence-corrected chi connectivity index (χ1v) is 11.6. The Labute approximate surface area is 196 Å². The smallest absolute Gasteiger partial charge is 0.286 e. The van der Waals surface area contributed by atoms with E-state index in [9.17, 15) is 14.4 Å². The minimum absolute atomic E-state index is 0.0618. The summed E-state index contributed by atoms with van der Waals surface area (Å²) >= 11 is 0.954. The van der Waals surface area contributed by atoms with Crippen molar-refractivity contribution < 1.29 is 14.4 Å². The van der Waals surface area contributed by atoms with Crippen LogP contribution >= 0.6 is 11.3 Å². The third-order valence-corrected chi connectivity index (χ3v) is 6.41. The Morgan fingerprint density at radius 2 is 1.76 bits per heavy atom. The molecule has 0 bridgehead atoms. The summed E-state index contributed by atoms with van der Waals surface area (Å²) in [6.45, 7) is 3.35. The summed E-state index contributed by atoms with van der Waals surface area (Å²) in [7, 11) is 0. The molecule has 170 valence electrons. The van der Waals surface area contributed by atoms with Crippen molar-refractivity contribution >= 4 is 34.7 Å². The maximum absolute atomic E-state index is 12.9. The molecule has 0 saturated carbocycles. The fourth-order valence-corrected chi connectivity index (χ4v) is 4.36. The van der Waals surface area contributed by atoms with Crippen LogP contribution in [0.15, 0.2) is 54.6 Å². The van der Waals surface area contributed by atoms with Crippen molar-refractivity contribution in [3.63, 3.8) is 0 Å². The number of carbonyl (C=O) groups is 3. The van der Waals surface area contributed by atoms with Crippen LogP contribution in [0.5, 0.6) is 0 Å². The lowest BCUT2D eigenvalue weighted by Crippen LogP contribution is -2.45. The van der Waals surface area contributed by atoms with E-state index in [4.69, 9.17) is 0 Å². The molecule has 8 nitrogen and oxygen atoms in total. The number of hydrogen-bond acceptors (Lipinski definition) is 6. The van der Waals surface area contributed by atoms with Crippen molar-refractivity contribution in [3.05, 3.63) is 75.7 Å². The molecule has 0 radical (unpaired) electrons. The molecular formula is C24H25N5O3S. The number of aryl methyl sites for hydroxylation is 1. The number of piperidine rings is 1. The van der Waals surface area contributed by atoms with E-state index in [1.807, 2.05) is 49.4 Å². The van der Waals surface area contributed by atoms with Gasteiger partial charge in [0.1, 0.15) is 0 Å². The maximum atomic E-state index is 12.9. The van der Waals surface area contributed by atoms with Crippen LogP contribution in [0.3, 0.4) is 0 Å². The van der Waals surface area contributed by atoms with Crippen molar-refractivity contribution in [2.24, 2.45) is 5.92 Å². The number of para-hydroxylation sites is 1. The third kappa shape index (κ3) is 5.81. The summed E-state index contributed by atoms with van der Waals surface area (Å²) < 4.78 is 0. The van der Waals surface area contributed by atoms with Gasteiger partial charge in [0, 0.05) is 25.3 Å². The van der Waals surface area contributed by atoms with E-state index >= 15 is 0 Å². The average molecular weight is 464 g/mol. The zero-order chi connectivity index (χ0) is 23.2. The van der Waals surface area contributed by atoms with Gasteiger partial charge in [-0.3, -0.25) is 14.4 Å². The zero-order valence-electron chi connectivity index (χ0n) is 18.3. The van der Waals surface area contributed by atoms with Gasteiger partial charge < -0.3 is 15.5 Å². The highest BCUT2D eigenvalue weighted by Gasteiger charge is 2.30. The molecule has 3 aromatic rings. The van der Waals surface area contributed by atoms with Crippen LogP contribution < -0.4 is 10.6 Å². The van der Waals surface area contributed by atoms with Gasteiger partial charge in [0.2, 0.25) is 15.9 Å². The topological polar surface area (TPSA) is 104 Å². The number of amides is 3. The zero-order valence-corrected chi connectivity index (χ0v) is 19.1. The minimum atomic E-state index is -0.412. The first-order valence-electron chi connectivity index (χ1n) is 10.8. The van der Waals surface area contributed by atoms with Gasteiger partial charge in [-0.15, -0.1) is 10.2 Å². The molecule has 2 heterocycles. The lowest BCUT2D eigenvalue weighted by atomic mass is 9.97. The van der Waals surface area contributed by atoms with E-state index in [1.54, 1.807) is 17.0 Å². The third-order valence-electron chi connectivity index (χ3n) is 5.50. The molecule has 1 aliphatic heterocycles. The van der Waals surface area contributed by atoms with Crippen molar-refractivity contribution in [3.8, 4) is 0 Å². The molecule has 1 saturated heterocycles. The Balaban J connectivity index is 1.33. The van der Waals surface area contributed by atoms with Gasteiger partial charge in [0.25, 0.3) is 11.8 Å². The number of aromatic nitrogens is 2. The number of nitrogens with one attached hydrogen (secondary N) is 2. The summed E-state index contributed by atoms with van der Waals surface area (Å²) in [6, 6.07) is 17.0. The Bertz CT molecular complexity index is 1130. The van der Waals surface area contributed by atoms with E-state index in [0.29, 0.717) is 25.3 Å². The summed E-state index contributed by atoms with van der Waals surface area (Å²) in [4.78, 5) is 39.6. The maximum Gasteiger partial charge on any atom is 0.286 e. The Morgan fingerprint density at radius 1 is 1.03 bits per heavy atom. The van der Waals surface area contributed by atoms with Crippen molar-refractivity contribution in [2.45, 2.75) is 26.3 Å². The molecule has 4 rings (SSSR count). The van der Waals surface area contributed by atoms with Gasteiger partial charge in [-0.2, -0.15) is 0 Å². The fraction of sp³-hybridized carbons (Fsp3) is 0.292. The first-order chi connectivity index (χ1) is 16.0. The summed E-state index contributed by atoms with van der Waals surface area (Å²) in [5.41, 5.74) is 2.85. The standard InChI is InChI=1S/C24H25N5O3S/c1-16-9-11-17(12-10-16)14-25-20(30)18-6-5-13-29(15-18)24(32)23-28-27-22(33-23)21(31)26-19-7-3-2-4-8-19/h2-4,7-12,18H,5-6,13-15H2,1H3,(H,25,30)(H,26,31)/t18-/m1/s1. The Morgan fingerprint density at radius 3 is 2.52 bits per heavy atom. The molecule has 1 aromatic heterocycles. The molecule has 0 unspecified atom stereocenters. The molecule has 2 aromatic carbocycles. The van der Waals surface area contributed by atoms with Crippen LogP contribution in [0.4, 0.5) is 5.69 Å². The largest absolute Gasteiger partial charge is 0.352 e. The highest BCUT2D eigenvalue weighted by molar-refractivity contribution is 7.15. The lowest BCUT2D eigenvalue weighted by Gasteiger charge is -2.31. The summed E-state index contributed by atoms with van der Waals surface area (Å²) in [5, 5.41) is 13.8. The normalized spacial score (nSPS) is 15.7. The summed E-state index contributed by atoms with van der Waals surface area (Å²) in [6.07, 6.45) is 1.46. The van der Waals surface area contributed by atoms with Crippen molar-refractivity contribution in [2.75, 3.05) is 18.4 Å². The molecule has 3 amide bonds. The first kappa shape index (κ1) is 22.6. The minimum Gasteiger partial charge on any atom is -0.352 e. The van der Waals surface area contributed by atoms with E-state index in [1.165, 1.54) is 5.56 Å². The van der Waals surface area contributed by atoms with Crippen molar-refractivity contribution in [1.82, 2.24) is 20.4 Å². The predicted molar refractivity (Wildman–Crippen MR) is 126 cm³/mol. The van der Waals surface area contributed by atoms with E-state index in [0.717, 1.165) is 29.7 Å². The quantitative estimate of drug-likeness (QED) is 0.584. The number of likely N-dealkylation sites (tertiary alicyclic amines) is 1. The Kier molecular flexibility index (Phi) is 7.09. The molecule has 1 fully saturated rings. The van der Waals surface area contributed by atoms with Gasteiger partial charge in [-0.05, 0) is 37.5 Å². The van der Waals surface area contributed by atoms with Gasteiger partial charge >= 0.3 is 0 Å². The number of carbonyl (C=O) groups excluding carboxylic acids is 3. The second kappa shape index (κ2) is 10.4. The molecule has 1 aliphatic rings. The number of benzene rings is 2. The highest BCUT2D eigenvalue weighted by atomic mass is 32.1. The van der Waals surface area contributed by atoms with Crippen LogP contribution in [-0.4, -0.2) is 45.9 Å². The monoisotopic (exact) mass is 463 g/mol. The van der Waals surface area contributed by atoms with Crippen LogP contribution in [-0.2, 0) is 11.3 Å². The highest BCUT2D eigenvalue weighted by Crippen LogP contribution is 2.21. The van der Waals surface area contributed by atoms with E-state index in [-0.39, 0.29) is 27.7 Å². The summed E-state index contributed by atoms with van der Waals surface area (Å²) in [5.74, 6) is -1.05. The fourth-order valence-electron chi connectivity index (χ4n) is 3.66. The number of hydrogen-bond donors (Lipinski definition) is 2. The van der Waals surface area contributed by atoms with E-state index < -0.39 is 5.91 Å². The molecular weight excluding hydrogens is 438 g/mol. The van der Waals surface area contributed by atoms with Gasteiger partial charge in [-0.1, -0.05) is 59.4 Å². The van der Waals surface area contributed by atoms with Crippen molar-refractivity contribution in [1.29, 1.82) is 0 Å². The second-order valence-corrected chi connectivity index (χ2v) is 9.00. The molecule has 0 aliphatic carbocycles. The molecule has 1 atom stereocenters. The second-order valence-electron chi connectivity index (χ2n) is 8.03. The van der Waals surface area contributed by atoms with Gasteiger partial charge in [-0.25, -0.2) is 0 Å². The van der Waals surface area contributed by atoms with Crippen LogP contribution in [0.25, 0.3) is 0 Å². The average Bonchev–Trinajstić information content (AvgIpc) is 3.34. The van der Waals surface area contributed by atoms with E-state index in [2.05, 4.69) is 20.8 Å². The number of anilines is 1. The predicted octanol–water partition coefficient (Wildman–Crippen LogP) is 3.27. The lowest BCUT2D eigenvalue weighted by molar-refractivity contribution is -0.126. The molecule has 2 N–H and O–H groups in total. The van der Waals surface area contributed by atoms with Gasteiger partial charge in [0.15, 0.2) is 0 Å². The number of rotatable bonds is 6.